The van der Waals surface area contributed by atoms with E-state index in [-0.39, 0.29) is 5.91 Å². The summed E-state index contributed by atoms with van der Waals surface area (Å²) in [6.45, 7) is 3.26. The number of anilines is 1. The van der Waals surface area contributed by atoms with Gasteiger partial charge in [-0.1, -0.05) is 11.6 Å². The lowest BCUT2D eigenvalue weighted by molar-refractivity contribution is 0.0747. The Kier molecular flexibility index (Phi) is 5.09. The molecule has 0 bridgehead atoms. The van der Waals surface area contributed by atoms with E-state index >= 15 is 0 Å². The van der Waals surface area contributed by atoms with Gasteiger partial charge in [0.2, 0.25) is 5.13 Å². The summed E-state index contributed by atoms with van der Waals surface area (Å²) >= 11 is 7.23. The third-order valence-corrected chi connectivity index (χ3v) is 4.73. The molecular formula is C15H17ClN4O2S. The van der Waals surface area contributed by atoms with E-state index in [1.807, 2.05) is 4.90 Å². The smallest absolute Gasteiger partial charge is 0.253 e. The van der Waals surface area contributed by atoms with Gasteiger partial charge >= 0.3 is 0 Å². The van der Waals surface area contributed by atoms with Crippen LogP contribution in [0, 0.1) is 0 Å². The van der Waals surface area contributed by atoms with Crippen molar-refractivity contribution < 1.29 is 9.53 Å². The van der Waals surface area contributed by atoms with E-state index in [4.69, 9.17) is 16.3 Å². The molecule has 0 N–H and O–H groups in total. The van der Waals surface area contributed by atoms with Crippen molar-refractivity contribution in [3.63, 3.8) is 0 Å². The van der Waals surface area contributed by atoms with Crippen LogP contribution >= 0.6 is 23.1 Å². The van der Waals surface area contributed by atoms with Gasteiger partial charge in [0.15, 0.2) is 5.82 Å². The van der Waals surface area contributed by atoms with Crippen LogP contribution in [0.2, 0.25) is 5.02 Å². The number of aromatic nitrogens is 2. The number of hydrogen-bond donors (Lipinski definition) is 0. The van der Waals surface area contributed by atoms with Crippen molar-refractivity contribution in [1.82, 2.24) is 14.3 Å². The molecular weight excluding hydrogens is 336 g/mol. The van der Waals surface area contributed by atoms with Crippen LogP contribution in [0.5, 0.6) is 0 Å². The first kappa shape index (κ1) is 16.2. The number of amides is 1. The van der Waals surface area contributed by atoms with Gasteiger partial charge in [0, 0.05) is 55.4 Å². The summed E-state index contributed by atoms with van der Waals surface area (Å²) in [5.74, 6) is 0.742. The van der Waals surface area contributed by atoms with Gasteiger partial charge in [0.1, 0.15) is 6.61 Å². The predicted octanol–water partition coefficient (Wildman–Crippen LogP) is 2.30. The van der Waals surface area contributed by atoms with Crippen molar-refractivity contribution in [1.29, 1.82) is 0 Å². The zero-order valence-corrected chi connectivity index (χ0v) is 14.3. The van der Waals surface area contributed by atoms with Crippen molar-refractivity contribution in [2.75, 3.05) is 38.2 Å². The van der Waals surface area contributed by atoms with Crippen LogP contribution in [-0.4, -0.2) is 53.5 Å². The Labute approximate surface area is 143 Å². The Morgan fingerprint density at radius 2 is 1.96 bits per heavy atom. The minimum absolute atomic E-state index is 0.0404. The Morgan fingerprint density at radius 3 is 2.61 bits per heavy atom. The monoisotopic (exact) mass is 352 g/mol. The fourth-order valence-electron chi connectivity index (χ4n) is 2.44. The number of nitrogens with zero attached hydrogens (tertiary/aromatic N) is 4. The molecule has 122 valence electrons. The molecule has 1 aromatic heterocycles. The molecule has 0 unspecified atom stereocenters. The number of ether oxygens (including phenoxy) is 1. The number of methoxy groups -OCH3 is 1. The first-order valence-electron chi connectivity index (χ1n) is 7.28. The number of carbonyl (C=O) groups is 1. The van der Waals surface area contributed by atoms with Crippen molar-refractivity contribution in [3.05, 3.63) is 40.7 Å². The molecule has 2 aromatic rings. The van der Waals surface area contributed by atoms with Crippen LogP contribution in [0.1, 0.15) is 16.2 Å². The van der Waals surface area contributed by atoms with Gasteiger partial charge in [0.05, 0.1) is 0 Å². The number of hydrogen-bond acceptors (Lipinski definition) is 6. The summed E-state index contributed by atoms with van der Waals surface area (Å²) in [6, 6.07) is 7.00. The van der Waals surface area contributed by atoms with E-state index in [1.165, 1.54) is 11.5 Å². The fourth-order valence-corrected chi connectivity index (χ4v) is 3.29. The first-order valence-corrected chi connectivity index (χ1v) is 8.44. The third kappa shape index (κ3) is 3.80. The van der Waals surface area contributed by atoms with Gasteiger partial charge in [-0.25, -0.2) is 4.98 Å². The topological polar surface area (TPSA) is 58.6 Å². The van der Waals surface area contributed by atoms with E-state index in [1.54, 1.807) is 31.4 Å². The van der Waals surface area contributed by atoms with Crippen LogP contribution in [0.15, 0.2) is 24.3 Å². The number of halogens is 1. The number of rotatable bonds is 4. The SMILES string of the molecule is COCc1nsc(N2CCN(C(=O)c3ccc(Cl)cc3)CC2)n1. The summed E-state index contributed by atoms with van der Waals surface area (Å²) in [7, 11) is 1.63. The molecule has 2 heterocycles. The van der Waals surface area contributed by atoms with Gasteiger partial charge in [-0.3, -0.25) is 4.79 Å². The molecule has 8 heteroatoms. The largest absolute Gasteiger partial charge is 0.377 e. The van der Waals surface area contributed by atoms with Crippen LogP contribution in [0.25, 0.3) is 0 Å². The summed E-state index contributed by atoms with van der Waals surface area (Å²) in [5.41, 5.74) is 0.668. The maximum atomic E-state index is 12.5. The first-order chi connectivity index (χ1) is 11.2. The van der Waals surface area contributed by atoms with E-state index < -0.39 is 0 Å². The quantitative estimate of drug-likeness (QED) is 0.845. The van der Waals surface area contributed by atoms with Gasteiger partial charge in [-0.05, 0) is 24.3 Å². The van der Waals surface area contributed by atoms with Gasteiger partial charge in [-0.2, -0.15) is 4.37 Å². The third-order valence-electron chi connectivity index (χ3n) is 3.66. The molecule has 0 radical (unpaired) electrons. The maximum absolute atomic E-state index is 12.5. The van der Waals surface area contributed by atoms with Crippen molar-refractivity contribution in [2.45, 2.75) is 6.61 Å². The summed E-state index contributed by atoms with van der Waals surface area (Å²) in [6.07, 6.45) is 0. The molecule has 1 aliphatic heterocycles. The molecule has 1 fully saturated rings. The lowest BCUT2D eigenvalue weighted by Crippen LogP contribution is -2.48. The van der Waals surface area contributed by atoms with Gasteiger partial charge in [0.25, 0.3) is 5.91 Å². The average molecular weight is 353 g/mol. The fraction of sp³-hybridized carbons (Fsp3) is 0.400. The Bertz CT molecular complexity index is 668. The van der Waals surface area contributed by atoms with Crippen LogP contribution < -0.4 is 4.90 Å². The molecule has 23 heavy (non-hydrogen) atoms. The zero-order valence-electron chi connectivity index (χ0n) is 12.7. The number of benzene rings is 1. The lowest BCUT2D eigenvalue weighted by atomic mass is 10.2. The molecule has 0 saturated carbocycles. The molecule has 0 aliphatic carbocycles. The van der Waals surface area contributed by atoms with E-state index in [9.17, 15) is 4.79 Å². The lowest BCUT2D eigenvalue weighted by Gasteiger charge is -2.34. The highest BCUT2D eigenvalue weighted by atomic mass is 35.5. The van der Waals surface area contributed by atoms with Crippen molar-refractivity contribution in [2.24, 2.45) is 0 Å². The predicted molar refractivity (Wildman–Crippen MR) is 90.2 cm³/mol. The molecule has 0 spiro atoms. The molecule has 3 rings (SSSR count). The van der Waals surface area contributed by atoms with Crippen molar-refractivity contribution in [3.8, 4) is 0 Å². The highest BCUT2D eigenvalue weighted by Crippen LogP contribution is 2.20. The zero-order chi connectivity index (χ0) is 16.2. The van der Waals surface area contributed by atoms with E-state index in [0.717, 1.165) is 18.2 Å². The van der Waals surface area contributed by atoms with E-state index in [2.05, 4.69) is 14.3 Å². The van der Waals surface area contributed by atoms with E-state index in [0.29, 0.717) is 36.1 Å². The number of carbonyl (C=O) groups excluding carboxylic acids is 1. The molecule has 6 nitrogen and oxygen atoms in total. The van der Waals surface area contributed by atoms with Crippen LogP contribution in [0.4, 0.5) is 5.13 Å². The maximum Gasteiger partial charge on any atom is 0.253 e. The highest BCUT2D eigenvalue weighted by molar-refractivity contribution is 7.09. The van der Waals surface area contributed by atoms with Crippen LogP contribution in [-0.2, 0) is 11.3 Å². The second-order valence-corrected chi connectivity index (χ2v) is 6.38. The van der Waals surface area contributed by atoms with Gasteiger partial charge in [-0.15, -0.1) is 0 Å². The Hall–Kier alpha value is -1.70. The van der Waals surface area contributed by atoms with Crippen molar-refractivity contribution >= 4 is 34.2 Å². The molecule has 1 amide bonds. The normalized spacial score (nSPS) is 15.0. The minimum Gasteiger partial charge on any atom is -0.377 e. The Balaban J connectivity index is 1.59. The van der Waals surface area contributed by atoms with Gasteiger partial charge < -0.3 is 14.5 Å². The Morgan fingerprint density at radius 1 is 1.26 bits per heavy atom. The standard InChI is InChI=1S/C15H17ClN4O2S/c1-22-10-13-17-15(23-18-13)20-8-6-19(7-9-20)14(21)11-2-4-12(16)5-3-11/h2-5H,6-10H2,1H3. The summed E-state index contributed by atoms with van der Waals surface area (Å²) in [4.78, 5) is 20.9. The molecule has 1 saturated heterocycles. The summed E-state index contributed by atoms with van der Waals surface area (Å²) in [5, 5.41) is 1.52. The van der Waals surface area contributed by atoms with Crippen LogP contribution in [0.3, 0.4) is 0 Å². The second kappa shape index (κ2) is 7.25. The highest BCUT2D eigenvalue weighted by Gasteiger charge is 2.24. The average Bonchev–Trinajstić information content (AvgIpc) is 3.04. The molecule has 1 aliphatic rings. The minimum atomic E-state index is 0.0404. The summed E-state index contributed by atoms with van der Waals surface area (Å²) < 4.78 is 9.30. The molecule has 1 aromatic carbocycles. The molecule has 0 atom stereocenters. The second-order valence-electron chi connectivity index (χ2n) is 5.21. The number of piperazine rings is 1.